The summed E-state index contributed by atoms with van der Waals surface area (Å²) in [5, 5.41) is -0.733. The summed E-state index contributed by atoms with van der Waals surface area (Å²) in [5.41, 5.74) is -0.0370. The number of nitrogens with zero attached hydrogens (tertiary/aromatic N) is 2. The van der Waals surface area contributed by atoms with E-state index in [1.165, 1.54) is 20.0 Å². The van der Waals surface area contributed by atoms with Crippen LogP contribution < -0.4 is 0 Å². The topological polar surface area (TPSA) is 32.7 Å². The Hall–Kier alpha value is -1.56. The third kappa shape index (κ3) is 3.73. The molecule has 0 bridgehead atoms. The van der Waals surface area contributed by atoms with Gasteiger partial charge in [0.15, 0.2) is 0 Å². The average molecular weight is 279 g/mol. The fourth-order valence-electron chi connectivity index (χ4n) is 1.17. The van der Waals surface area contributed by atoms with Gasteiger partial charge in [-0.3, -0.25) is 9.69 Å². The highest BCUT2D eigenvalue weighted by molar-refractivity contribution is 6.63. The molecule has 0 aliphatic rings. The highest BCUT2D eigenvalue weighted by Gasteiger charge is 2.30. The van der Waals surface area contributed by atoms with Crippen LogP contribution in [0.15, 0.2) is 23.2 Å². The van der Waals surface area contributed by atoms with Crippen LogP contribution in [0.4, 0.5) is 23.7 Å². The molecule has 0 saturated carbocycles. The van der Waals surface area contributed by atoms with Crippen molar-refractivity contribution in [3.05, 3.63) is 29.3 Å². The Morgan fingerprint density at radius 3 is 2.50 bits per heavy atom. The van der Waals surface area contributed by atoms with Crippen LogP contribution in [-0.4, -0.2) is 23.7 Å². The summed E-state index contributed by atoms with van der Waals surface area (Å²) in [6, 6.07) is 3.17. The van der Waals surface area contributed by atoms with E-state index in [0.717, 1.165) is 23.4 Å². The van der Waals surface area contributed by atoms with Crippen molar-refractivity contribution in [3.8, 4) is 0 Å². The fourth-order valence-corrected chi connectivity index (χ4v) is 1.21. The maximum absolute atomic E-state index is 12.4. The summed E-state index contributed by atoms with van der Waals surface area (Å²) in [6.07, 6.45) is -3.24. The second-order valence-electron chi connectivity index (χ2n) is 3.61. The summed E-state index contributed by atoms with van der Waals surface area (Å²) >= 11 is 5.17. The second kappa shape index (κ2) is 5.39. The van der Waals surface area contributed by atoms with Crippen molar-refractivity contribution in [2.45, 2.75) is 13.1 Å². The molecule has 0 atom stereocenters. The molecule has 0 fully saturated rings. The van der Waals surface area contributed by atoms with Gasteiger partial charge in [0.05, 0.1) is 17.6 Å². The average Bonchev–Trinajstić information content (AvgIpc) is 2.25. The molecule has 0 unspecified atom stereocenters. The number of benzene rings is 1. The first-order chi connectivity index (χ1) is 8.21. The van der Waals surface area contributed by atoms with Crippen LogP contribution in [0.5, 0.6) is 0 Å². The zero-order valence-electron chi connectivity index (χ0n) is 9.62. The molecule has 0 heterocycles. The lowest BCUT2D eigenvalue weighted by molar-refractivity contribution is -0.137. The summed E-state index contributed by atoms with van der Waals surface area (Å²) in [4.78, 5) is 15.6. The van der Waals surface area contributed by atoms with Crippen molar-refractivity contribution >= 4 is 29.0 Å². The van der Waals surface area contributed by atoms with E-state index in [0.29, 0.717) is 11.3 Å². The second-order valence-corrected chi connectivity index (χ2v) is 3.93. The standard InChI is InChI=1S/C11H10ClF3N2O/c1-7-5-8(11(13,14)15)3-4-9(7)16-6-17(2)10(12)18/h3-6H,1-2H3. The summed E-state index contributed by atoms with van der Waals surface area (Å²) < 4.78 is 37.2. The normalized spacial score (nSPS) is 11.9. The first-order valence-corrected chi connectivity index (χ1v) is 5.24. The molecule has 0 aliphatic carbocycles. The number of hydrogen-bond donors (Lipinski definition) is 0. The molecule has 98 valence electrons. The number of carbonyl (C=O) groups excluding carboxylic acids is 1. The maximum Gasteiger partial charge on any atom is 0.416 e. The molecule has 0 radical (unpaired) electrons. The molecule has 1 amide bonds. The minimum atomic E-state index is -4.38. The van der Waals surface area contributed by atoms with Crippen molar-refractivity contribution in [3.63, 3.8) is 0 Å². The summed E-state index contributed by atoms with van der Waals surface area (Å²) in [6.45, 7) is 1.50. The third-order valence-corrected chi connectivity index (χ3v) is 2.44. The highest BCUT2D eigenvalue weighted by atomic mass is 35.5. The van der Waals surface area contributed by atoms with Crippen LogP contribution in [0.3, 0.4) is 0 Å². The van der Waals surface area contributed by atoms with E-state index in [9.17, 15) is 18.0 Å². The number of alkyl halides is 3. The fraction of sp³-hybridized carbons (Fsp3) is 0.273. The van der Waals surface area contributed by atoms with E-state index in [-0.39, 0.29) is 0 Å². The lowest BCUT2D eigenvalue weighted by Gasteiger charge is -2.09. The molecule has 1 aromatic carbocycles. The van der Waals surface area contributed by atoms with Gasteiger partial charge in [0, 0.05) is 7.05 Å². The largest absolute Gasteiger partial charge is 0.416 e. The molecule has 0 aliphatic heterocycles. The number of hydrogen-bond acceptors (Lipinski definition) is 2. The molecule has 1 rings (SSSR count). The van der Waals surface area contributed by atoms with Crippen molar-refractivity contribution in [2.24, 2.45) is 4.99 Å². The predicted molar refractivity (Wildman–Crippen MR) is 63.3 cm³/mol. The molecular formula is C11H10ClF3N2O. The number of carbonyl (C=O) groups is 1. The van der Waals surface area contributed by atoms with E-state index in [1.807, 2.05) is 0 Å². The van der Waals surface area contributed by atoms with Crippen LogP contribution in [-0.2, 0) is 6.18 Å². The van der Waals surface area contributed by atoms with Crippen molar-refractivity contribution in [1.29, 1.82) is 0 Å². The molecule has 3 nitrogen and oxygen atoms in total. The number of rotatable bonds is 2. The number of aryl methyl sites for hydroxylation is 1. The monoisotopic (exact) mass is 278 g/mol. The van der Waals surface area contributed by atoms with E-state index in [1.54, 1.807) is 0 Å². The van der Waals surface area contributed by atoms with Gasteiger partial charge in [-0.05, 0) is 42.3 Å². The third-order valence-electron chi connectivity index (χ3n) is 2.17. The Balaban J connectivity index is 2.97. The zero-order chi connectivity index (χ0) is 13.9. The van der Waals surface area contributed by atoms with Crippen LogP contribution in [0.1, 0.15) is 11.1 Å². The summed E-state index contributed by atoms with van der Waals surface area (Å²) in [7, 11) is 1.39. The van der Waals surface area contributed by atoms with Gasteiger partial charge in [-0.2, -0.15) is 13.2 Å². The lowest BCUT2D eigenvalue weighted by Crippen LogP contribution is -2.18. The first-order valence-electron chi connectivity index (χ1n) is 4.86. The smallest absolute Gasteiger partial charge is 0.292 e. The molecule has 18 heavy (non-hydrogen) atoms. The molecule has 0 spiro atoms. The molecule has 0 aromatic heterocycles. The number of aliphatic imine (C=N–C) groups is 1. The van der Waals surface area contributed by atoms with E-state index < -0.39 is 17.1 Å². The van der Waals surface area contributed by atoms with Crippen LogP contribution in [0, 0.1) is 6.92 Å². The predicted octanol–water partition coefficient (Wildman–Crippen LogP) is 3.96. The Morgan fingerprint density at radius 2 is 2.06 bits per heavy atom. The van der Waals surface area contributed by atoms with Crippen LogP contribution >= 0.6 is 11.6 Å². The lowest BCUT2D eigenvalue weighted by atomic mass is 10.1. The van der Waals surface area contributed by atoms with Gasteiger partial charge in [0.1, 0.15) is 0 Å². The minimum absolute atomic E-state index is 0.341. The quantitative estimate of drug-likeness (QED) is 0.349. The molecule has 0 saturated heterocycles. The first kappa shape index (κ1) is 14.5. The van der Waals surface area contributed by atoms with Crippen molar-refractivity contribution in [1.82, 2.24) is 4.90 Å². The summed E-state index contributed by atoms with van der Waals surface area (Å²) in [5.74, 6) is 0. The van der Waals surface area contributed by atoms with Gasteiger partial charge >= 0.3 is 11.5 Å². The number of amides is 1. The van der Waals surface area contributed by atoms with Gasteiger partial charge in [-0.1, -0.05) is 0 Å². The van der Waals surface area contributed by atoms with Gasteiger partial charge in [0.2, 0.25) is 0 Å². The van der Waals surface area contributed by atoms with Crippen LogP contribution in [0.2, 0.25) is 0 Å². The van der Waals surface area contributed by atoms with E-state index in [4.69, 9.17) is 11.6 Å². The van der Waals surface area contributed by atoms with Crippen LogP contribution in [0.25, 0.3) is 0 Å². The van der Waals surface area contributed by atoms with Crippen molar-refractivity contribution in [2.75, 3.05) is 7.05 Å². The van der Waals surface area contributed by atoms with Gasteiger partial charge in [-0.15, -0.1) is 0 Å². The van der Waals surface area contributed by atoms with E-state index in [2.05, 4.69) is 4.99 Å². The number of halogens is 4. The van der Waals surface area contributed by atoms with Gasteiger partial charge in [0.25, 0.3) is 0 Å². The zero-order valence-corrected chi connectivity index (χ0v) is 10.4. The van der Waals surface area contributed by atoms with Crippen molar-refractivity contribution < 1.29 is 18.0 Å². The van der Waals surface area contributed by atoms with Gasteiger partial charge in [-0.25, -0.2) is 4.99 Å². The van der Waals surface area contributed by atoms with E-state index >= 15 is 0 Å². The maximum atomic E-state index is 12.4. The molecular weight excluding hydrogens is 269 g/mol. The minimum Gasteiger partial charge on any atom is -0.292 e. The molecule has 1 aromatic rings. The highest BCUT2D eigenvalue weighted by Crippen LogP contribution is 2.32. The molecule has 7 heteroatoms. The SMILES string of the molecule is Cc1cc(C(F)(F)F)ccc1N=CN(C)C(=O)Cl. The Kier molecular flexibility index (Phi) is 4.34. The Labute approximate surface area is 107 Å². The Bertz CT molecular complexity index is 486. The Morgan fingerprint density at radius 1 is 1.44 bits per heavy atom. The molecule has 0 N–H and O–H groups in total. The van der Waals surface area contributed by atoms with Gasteiger partial charge < -0.3 is 0 Å².